The standard InChI is InChI=1S/C48H88O9S12Si3/c1-10-49-70(50-11-2,51-12-3)45(33-36-19-23-40(45)29-36)59-65-64-58-28-27-44-39-22-26-43(32-39)48(44,62-68-66-60-46(34-37-20-24-41(46)30-37)71(52-13-4,53-14-5)54-15-6)63-69-67-61-47(35-38-21-25-42(47)31-38)72(55-16-7,56-17-8)57-18-9/h36-44H,10-35H2,1-9H3. The van der Waals surface area contributed by atoms with E-state index in [9.17, 15) is 0 Å². The van der Waals surface area contributed by atoms with Gasteiger partial charge < -0.3 is 39.8 Å². The van der Waals surface area contributed by atoms with Crippen molar-refractivity contribution in [3.8, 4) is 0 Å². The maximum Gasteiger partial charge on any atom is 0.519 e. The van der Waals surface area contributed by atoms with Crippen molar-refractivity contribution in [3.05, 3.63) is 0 Å². The Morgan fingerprint density at radius 2 is 0.681 bits per heavy atom. The molecule has 0 aromatic rings. The number of rotatable bonds is 38. The molecule has 0 N–H and O–H groups in total. The molecule has 0 spiro atoms. The molecule has 0 saturated heterocycles. The van der Waals surface area contributed by atoms with Crippen LogP contribution in [0.3, 0.4) is 0 Å². The zero-order valence-electron chi connectivity index (χ0n) is 44.7. The molecular weight excluding hydrogens is 1190 g/mol. The Labute approximate surface area is 485 Å². The maximum absolute atomic E-state index is 6.81. The average molecular weight is 1280 g/mol. The van der Waals surface area contributed by atoms with Crippen molar-refractivity contribution in [2.75, 3.05) is 65.2 Å². The van der Waals surface area contributed by atoms with Gasteiger partial charge in [0, 0.05) is 65.2 Å². The van der Waals surface area contributed by atoms with Gasteiger partial charge >= 0.3 is 26.4 Å². The number of fused-ring (bicyclic) bond motifs is 8. The van der Waals surface area contributed by atoms with E-state index in [0.29, 0.717) is 89.1 Å². The quantitative estimate of drug-likeness (QED) is 0.0254. The lowest BCUT2D eigenvalue weighted by atomic mass is 9.86. The molecule has 0 radical (unpaired) electrons. The molecule has 12 atom stereocenters. The SMILES string of the molecule is CCO[Si](OCC)(OCC)C1(SSSSCCC2C3CCC(C3)C2(SSSSC2([Si](OCC)(OCC)OCC)CC3CCC2C3)SSSSC2([Si](OCC)(OCC)OCC)CC3CCC2C3)CC2CCC1C2. The lowest BCUT2D eigenvalue weighted by Crippen LogP contribution is -2.65. The molecule has 0 heterocycles. The van der Waals surface area contributed by atoms with Crippen LogP contribution in [0.4, 0.5) is 0 Å². The van der Waals surface area contributed by atoms with Crippen LogP contribution >= 0.6 is 124 Å². The van der Waals surface area contributed by atoms with Crippen LogP contribution in [-0.4, -0.2) is 109 Å². The third-order valence-corrected chi connectivity index (χ3v) is 55.9. The molecule has 8 saturated carbocycles. The normalized spacial score (nSPS) is 36.9. The summed E-state index contributed by atoms with van der Waals surface area (Å²) >= 11 is 0. The van der Waals surface area contributed by atoms with Crippen molar-refractivity contribution in [2.24, 2.45) is 53.3 Å². The zero-order chi connectivity index (χ0) is 50.9. The van der Waals surface area contributed by atoms with E-state index >= 15 is 0 Å². The topological polar surface area (TPSA) is 83.1 Å². The summed E-state index contributed by atoms with van der Waals surface area (Å²) < 4.78 is 60.9. The van der Waals surface area contributed by atoms with E-state index in [1.165, 1.54) is 89.9 Å². The largest absolute Gasteiger partial charge is 0.519 e. The van der Waals surface area contributed by atoms with E-state index in [1.54, 1.807) is 0 Å². The van der Waals surface area contributed by atoms with Gasteiger partial charge in [-0.05, 0) is 258 Å². The fourth-order valence-corrected chi connectivity index (χ4v) is 59.6. The predicted molar refractivity (Wildman–Crippen MR) is 334 cm³/mol. The van der Waals surface area contributed by atoms with Crippen LogP contribution in [0.5, 0.6) is 0 Å². The highest BCUT2D eigenvalue weighted by Gasteiger charge is 2.73. The van der Waals surface area contributed by atoms with E-state index < -0.39 is 26.4 Å². The first-order valence-electron chi connectivity index (χ1n) is 27.9. The molecule has 8 fully saturated rings. The summed E-state index contributed by atoms with van der Waals surface area (Å²) in [7, 11) is 16.0. The first-order valence-corrected chi connectivity index (χ1v) is 47.7. The van der Waals surface area contributed by atoms with Crippen molar-refractivity contribution in [1.82, 2.24) is 0 Å². The van der Waals surface area contributed by atoms with Gasteiger partial charge in [0.1, 0.15) is 13.1 Å². The summed E-state index contributed by atoms with van der Waals surface area (Å²) in [5.74, 6) is 7.34. The molecule has 0 amide bonds. The third kappa shape index (κ3) is 12.3. The van der Waals surface area contributed by atoms with Gasteiger partial charge in [0.2, 0.25) is 0 Å². The average Bonchev–Trinajstić information content (AvgIpc) is 4.26. The number of hydrogen-bond acceptors (Lipinski definition) is 21. The Hall–Kier alpha value is 4.49. The molecule has 8 aliphatic rings. The molecule has 12 unspecified atom stereocenters. The molecule has 0 aromatic heterocycles. The molecule has 72 heavy (non-hydrogen) atoms. The van der Waals surface area contributed by atoms with Crippen LogP contribution < -0.4 is 0 Å². The molecule has 8 bridgehead atoms. The van der Waals surface area contributed by atoms with E-state index in [4.69, 9.17) is 39.8 Å². The Bertz CT molecular complexity index is 1570. The smallest absolute Gasteiger partial charge is 0.373 e. The summed E-state index contributed by atoms with van der Waals surface area (Å²) in [6, 6.07) is 0. The minimum Gasteiger partial charge on any atom is -0.373 e. The highest BCUT2D eigenvalue weighted by molar-refractivity contribution is 9.29. The van der Waals surface area contributed by atoms with Gasteiger partial charge in [-0.15, -0.1) is 0 Å². The van der Waals surface area contributed by atoms with Gasteiger partial charge in [-0.3, -0.25) is 0 Å². The predicted octanol–water partition coefficient (Wildman–Crippen LogP) is 17.6. The molecule has 0 aromatic carbocycles. The lowest BCUT2D eigenvalue weighted by molar-refractivity contribution is 0.0494. The summed E-state index contributed by atoms with van der Waals surface area (Å²) in [6.45, 7) is 24.8. The highest BCUT2D eigenvalue weighted by Crippen LogP contribution is 2.76. The maximum atomic E-state index is 6.81. The van der Waals surface area contributed by atoms with Crippen LogP contribution in [-0.2, 0) is 39.8 Å². The Kier molecular flexibility index (Phi) is 25.1. The zero-order valence-corrected chi connectivity index (χ0v) is 57.5. The Morgan fingerprint density at radius 3 is 0.986 bits per heavy atom. The molecule has 9 nitrogen and oxygen atoms in total. The van der Waals surface area contributed by atoms with Crippen LogP contribution in [0.2, 0.25) is 0 Å². The first kappa shape index (κ1) is 62.5. The molecule has 8 aliphatic carbocycles. The van der Waals surface area contributed by atoms with Crippen LogP contribution in [0, 0.1) is 53.3 Å². The summed E-state index contributed by atoms with van der Waals surface area (Å²) in [4.78, 5) is 0. The van der Waals surface area contributed by atoms with Crippen molar-refractivity contribution in [2.45, 2.75) is 182 Å². The van der Waals surface area contributed by atoms with Crippen LogP contribution in [0.1, 0.15) is 165 Å². The fraction of sp³-hybridized carbons (Fsp3) is 1.00. The van der Waals surface area contributed by atoms with Gasteiger partial charge in [0.05, 0.1) is 4.08 Å². The van der Waals surface area contributed by atoms with Gasteiger partial charge in [-0.1, -0.05) is 84.0 Å². The second-order valence-corrected chi connectivity index (χ2v) is 49.8. The van der Waals surface area contributed by atoms with Crippen molar-refractivity contribution in [1.29, 1.82) is 0 Å². The highest BCUT2D eigenvalue weighted by atomic mass is 33.7. The lowest BCUT2D eigenvalue weighted by Gasteiger charge is -2.47. The van der Waals surface area contributed by atoms with Crippen LogP contribution in [0.15, 0.2) is 0 Å². The van der Waals surface area contributed by atoms with E-state index in [-0.39, 0.29) is 17.2 Å². The molecular formula is C48H88O9S12Si3. The van der Waals surface area contributed by atoms with E-state index in [0.717, 1.165) is 42.3 Å². The van der Waals surface area contributed by atoms with Crippen molar-refractivity contribution < 1.29 is 39.8 Å². The van der Waals surface area contributed by atoms with Gasteiger partial charge in [0.25, 0.3) is 0 Å². The summed E-state index contributed by atoms with van der Waals surface area (Å²) in [5.41, 5.74) is 0. The minimum absolute atomic E-state index is 0.0669. The second kappa shape index (κ2) is 28.9. The van der Waals surface area contributed by atoms with Gasteiger partial charge in [-0.2, -0.15) is 0 Å². The van der Waals surface area contributed by atoms with Crippen molar-refractivity contribution in [3.63, 3.8) is 0 Å². The molecule has 0 aliphatic heterocycles. The first-order chi connectivity index (χ1) is 35.1. The third-order valence-electron chi connectivity index (χ3n) is 17.6. The Morgan fingerprint density at radius 1 is 0.361 bits per heavy atom. The van der Waals surface area contributed by atoms with Gasteiger partial charge in [-0.25, -0.2) is 0 Å². The molecule has 418 valence electrons. The molecule has 24 heteroatoms. The fourth-order valence-electron chi connectivity index (χ4n) is 15.3. The van der Waals surface area contributed by atoms with E-state index in [1.807, 2.05) is 39.3 Å². The summed E-state index contributed by atoms with van der Waals surface area (Å²) in [6.07, 6.45) is 20.5. The minimum atomic E-state index is -3.00. The number of hydrogen-bond donors (Lipinski definition) is 0. The van der Waals surface area contributed by atoms with Crippen molar-refractivity contribution >= 4 is 150 Å². The van der Waals surface area contributed by atoms with Gasteiger partial charge in [0.15, 0.2) is 0 Å². The Balaban J connectivity index is 0.986. The molecule has 8 rings (SSSR count). The summed E-state index contributed by atoms with van der Waals surface area (Å²) in [5, 5.41) is 0. The second-order valence-electron chi connectivity index (χ2n) is 21.0. The monoisotopic (exact) mass is 1280 g/mol. The van der Waals surface area contributed by atoms with Crippen LogP contribution in [0.25, 0.3) is 0 Å². The van der Waals surface area contributed by atoms with E-state index in [2.05, 4.69) is 147 Å².